The smallest absolute Gasteiger partial charge is 0.352 e. The summed E-state index contributed by atoms with van der Waals surface area (Å²) in [5, 5.41) is 2.80. The van der Waals surface area contributed by atoms with Gasteiger partial charge < -0.3 is 10.2 Å². The Morgan fingerprint density at radius 1 is 1.24 bits per heavy atom. The SMILES string of the molecule is CN1CCCN=C1NCc1cc(F)c(C(F)(F)F)cc1F. The van der Waals surface area contributed by atoms with Crippen molar-refractivity contribution in [2.75, 3.05) is 20.1 Å². The van der Waals surface area contributed by atoms with Crippen molar-refractivity contribution < 1.29 is 22.0 Å². The van der Waals surface area contributed by atoms with Gasteiger partial charge in [-0.2, -0.15) is 13.2 Å². The number of halogens is 5. The summed E-state index contributed by atoms with van der Waals surface area (Å²) in [5.74, 6) is -2.07. The zero-order valence-corrected chi connectivity index (χ0v) is 11.3. The molecule has 1 aromatic rings. The van der Waals surface area contributed by atoms with Crippen LogP contribution in [0.2, 0.25) is 0 Å². The van der Waals surface area contributed by atoms with Crippen LogP contribution in [0.25, 0.3) is 0 Å². The third kappa shape index (κ3) is 3.62. The fourth-order valence-corrected chi connectivity index (χ4v) is 2.03. The van der Waals surface area contributed by atoms with Gasteiger partial charge >= 0.3 is 6.18 Å². The molecule has 0 saturated carbocycles. The van der Waals surface area contributed by atoms with Gasteiger partial charge in [-0.25, -0.2) is 8.78 Å². The molecule has 0 amide bonds. The Morgan fingerprint density at radius 2 is 1.95 bits per heavy atom. The van der Waals surface area contributed by atoms with E-state index >= 15 is 0 Å². The predicted molar refractivity (Wildman–Crippen MR) is 67.7 cm³/mol. The van der Waals surface area contributed by atoms with E-state index in [4.69, 9.17) is 0 Å². The molecule has 3 nitrogen and oxygen atoms in total. The van der Waals surface area contributed by atoms with Gasteiger partial charge in [-0.3, -0.25) is 4.99 Å². The van der Waals surface area contributed by atoms with Crippen LogP contribution in [0.5, 0.6) is 0 Å². The third-order valence-corrected chi connectivity index (χ3v) is 3.15. The number of nitrogens with one attached hydrogen (secondary N) is 1. The highest BCUT2D eigenvalue weighted by Gasteiger charge is 2.35. The number of hydrogen-bond acceptors (Lipinski definition) is 3. The molecule has 1 aliphatic rings. The highest BCUT2D eigenvalue weighted by Crippen LogP contribution is 2.32. The fraction of sp³-hybridized carbons (Fsp3) is 0.462. The molecule has 116 valence electrons. The van der Waals surface area contributed by atoms with E-state index in [2.05, 4.69) is 10.3 Å². The summed E-state index contributed by atoms with van der Waals surface area (Å²) in [5.41, 5.74) is -1.78. The second kappa shape index (κ2) is 5.87. The summed E-state index contributed by atoms with van der Waals surface area (Å²) in [6.07, 6.45) is -4.02. The number of aliphatic imine (C=N–C) groups is 1. The van der Waals surface area contributed by atoms with Crippen LogP contribution in [0.4, 0.5) is 22.0 Å². The van der Waals surface area contributed by atoms with Gasteiger partial charge in [-0.1, -0.05) is 0 Å². The van der Waals surface area contributed by atoms with Crippen LogP contribution in [-0.4, -0.2) is 31.0 Å². The lowest BCUT2D eigenvalue weighted by Gasteiger charge is -2.25. The first-order valence-corrected chi connectivity index (χ1v) is 6.33. The number of rotatable bonds is 2. The van der Waals surface area contributed by atoms with Crippen LogP contribution in [0.3, 0.4) is 0 Å². The van der Waals surface area contributed by atoms with Crippen LogP contribution in [0, 0.1) is 11.6 Å². The average molecular weight is 307 g/mol. The summed E-state index contributed by atoms with van der Waals surface area (Å²) in [7, 11) is 1.79. The maximum absolute atomic E-state index is 13.7. The van der Waals surface area contributed by atoms with Crippen LogP contribution in [0.1, 0.15) is 17.5 Å². The van der Waals surface area contributed by atoms with Crippen molar-refractivity contribution in [3.63, 3.8) is 0 Å². The second-order valence-electron chi connectivity index (χ2n) is 4.76. The van der Waals surface area contributed by atoms with E-state index in [-0.39, 0.29) is 18.2 Å². The van der Waals surface area contributed by atoms with Crippen molar-refractivity contribution in [2.45, 2.75) is 19.1 Å². The highest BCUT2D eigenvalue weighted by molar-refractivity contribution is 5.80. The molecule has 21 heavy (non-hydrogen) atoms. The quantitative estimate of drug-likeness (QED) is 0.851. The number of alkyl halides is 3. The van der Waals surface area contributed by atoms with E-state index in [1.165, 1.54) is 0 Å². The van der Waals surface area contributed by atoms with E-state index in [1.807, 2.05) is 4.90 Å². The first kappa shape index (κ1) is 15.5. The molecule has 1 heterocycles. The molecule has 0 atom stereocenters. The lowest BCUT2D eigenvalue weighted by atomic mass is 10.1. The number of hydrogen-bond donors (Lipinski definition) is 1. The molecule has 0 saturated heterocycles. The Hall–Kier alpha value is -1.86. The van der Waals surface area contributed by atoms with Gasteiger partial charge in [0.15, 0.2) is 5.96 Å². The molecule has 1 aliphatic heterocycles. The molecule has 0 spiro atoms. The summed E-state index contributed by atoms with van der Waals surface area (Å²) in [4.78, 5) is 5.98. The molecular formula is C13H14F5N3. The molecule has 0 radical (unpaired) electrons. The van der Waals surface area contributed by atoms with Crippen LogP contribution < -0.4 is 5.32 Å². The molecule has 0 unspecified atom stereocenters. The minimum Gasteiger partial charge on any atom is -0.352 e. The Morgan fingerprint density at radius 3 is 2.57 bits per heavy atom. The minimum atomic E-state index is -4.91. The predicted octanol–water partition coefficient (Wildman–Crippen LogP) is 2.76. The van der Waals surface area contributed by atoms with Crippen molar-refractivity contribution in [3.05, 3.63) is 34.9 Å². The number of nitrogens with zero attached hydrogens (tertiary/aromatic N) is 2. The fourth-order valence-electron chi connectivity index (χ4n) is 2.03. The first-order chi connectivity index (χ1) is 9.79. The van der Waals surface area contributed by atoms with Crippen molar-refractivity contribution in [1.82, 2.24) is 10.2 Å². The van der Waals surface area contributed by atoms with Crippen LogP contribution in [-0.2, 0) is 12.7 Å². The van der Waals surface area contributed by atoms with Gasteiger partial charge in [0.05, 0.1) is 5.56 Å². The summed E-state index contributed by atoms with van der Waals surface area (Å²) >= 11 is 0. The van der Waals surface area contributed by atoms with Crippen molar-refractivity contribution in [3.8, 4) is 0 Å². The Balaban J connectivity index is 2.14. The molecule has 2 rings (SSSR count). The highest BCUT2D eigenvalue weighted by atomic mass is 19.4. The molecular weight excluding hydrogens is 293 g/mol. The minimum absolute atomic E-state index is 0.135. The van der Waals surface area contributed by atoms with Crippen molar-refractivity contribution in [2.24, 2.45) is 4.99 Å². The normalized spacial score (nSPS) is 15.9. The van der Waals surface area contributed by atoms with Crippen LogP contribution >= 0.6 is 0 Å². The Labute approximate surface area is 118 Å². The van der Waals surface area contributed by atoms with Gasteiger partial charge in [-0.15, -0.1) is 0 Å². The molecule has 1 aromatic carbocycles. The maximum Gasteiger partial charge on any atom is 0.419 e. The van der Waals surface area contributed by atoms with Gasteiger partial charge in [0, 0.05) is 32.2 Å². The largest absolute Gasteiger partial charge is 0.419 e. The lowest BCUT2D eigenvalue weighted by molar-refractivity contribution is -0.140. The van der Waals surface area contributed by atoms with Gasteiger partial charge in [0.1, 0.15) is 11.6 Å². The van der Waals surface area contributed by atoms with Gasteiger partial charge in [-0.05, 0) is 18.6 Å². The van der Waals surface area contributed by atoms with Gasteiger partial charge in [0.2, 0.25) is 0 Å². The van der Waals surface area contributed by atoms with E-state index in [9.17, 15) is 22.0 Å². The first-order valence-electron chi connectivity index (χ1n) is 6.33. The molecule has 0 aromatic heterocycles. The van der Waals surface area contributed by atoms with Crippen molar-refractivity contribution >= 4 is 5.96 Å². The molecule has 0 aliphatic carbocycles. The number of benzene rings is 1. The van der Waals surface area contributed by atoms with E-state index in [0.29, 0.717) is 18.6 Å². The van der Waals surface area contributed by atoms with E-state index in [0.717, 1.165) is 13.0 Å². The van der Waals surface area contributed by atoms with Crippen molar-refractivity contribution in [1.29, 1.82) is 0 Å². The van der Waals surface area contributed by atoms with E-state index < -0.39 is 23.4 Å². The topological polar surface area (TPSA) is 27.6 Å². The molecule has 1 N–H and O–H groups in total. The summed E-state index contributed by atoms with van der Waals surface area (Å²) < 4.78 is 64.4. The Kier molecular flexibility index (Phi) is 4.34. The number of guanidine groups is 1. The molecule has 0 bridgehead atoms. The molecule has 0 fully saturated rings. The third-order valence-electron chi connectivity index (χ3n) is 3.15. The average Bonchev–Trinajstić information content (AvgIpc) is 2.39. The summed E-state index contributed by atoms with van der Waals surface area (Å²) in [6.45, 7) is 1.26. The summed E-state index contributed by atoms with van der Waals surface area (Å²) in [6, 6.07) is 0.743. The zero-order valence-electron chi connectivity index (χ0n) is 11.3. The lowest BCUT2D eigenvalue weighted by Crippen LogP contribution is -2.41. The second-order valence-corrected chi connectivity index (χ2v) is 4.76. The molecule has 8 heteroatoms. The Bertz CT molecular complexity index is 553. The van der Waals surface area contributed by atoms with E-state index in [1.54, 1.807) is 7.05 Å². The van der Waals surface area contributed by atoms with Crippen LogP contribution in [0.15, 0.2) is 17.1 Å². The maximum atomic E-state index is 13.7. The zero-order chi connectivity index (χ0) is 15.6. The monoisotopic (exact) mass is 307 g/mol. The van der Waals surface area contributed by atoms with Gasteiger partial charge in [0.25, 0.3) is 0 Å². The standard InChI is InChI=1S/C13H14F5N3/c1-21-4-2-3-19-12(21)20-7-8-5-11(15)9(6-10(8)14)13(16,17)18/h5-6H,2-4,7H2,1H3,(H,19,20).